The van der Waals surface area contributed by atoms with Gasteiger partial charge in [-0.05, 0) is 44.6 Å². The highest BCUT2D eigenvalue weighted by molar-refractivity contribution is 6.05. The number of ether oxygens (including phenoxy) is 1. The van der Waals surface area contributed by atoms with Crippen molar-refractivity contribution in [3.05, 3.63) is 36.0 Å². The molecule has 1 aromatic carbocycles. The fourth-order valence-electron chi connectivity index (χ4n) is 4.82. The molecule has 2 aromatic rings. The van der Waals surface area contributed by atoms with Crippen LogP contribution in [0.3, 0.4) is 0 Å². The van der Waals surface area contributed by atoms with Crippen molar-refractivity contribution in [2.24, 2.45) is 11.8 Å². The zero-order chi connectivity index (χ0) is 21.1. The van der Waals surface area contributed by atoms with Crippen molar-refractivity contribution in [2.45, 2.75) is 39.5 Å². The number of fused-ring (bicyclic) bond motifs is 1. The molecule has 6 nitrogen and oxygen atoms in total. The number of carbonyl (C=O) groups is 2. The molecule has 1 atom stereocenters. The van der Waals surface area contributed by atoms with Gasteiger partial charge >= 0.3 is 5.97 Å². The number of nitrogens with zero attached hydrogens (tertiary/aromatic N) is 3. The lowest BCUT2D eigenvalue weighted by molar-refractivity contribution is -0.137. The van der Waals surface area contributed by atoms with Gasteiger partial charge in [-0.25, -0.2) is 4.79 Å². The highest BCUT2D eigenvalue weighted by Crippen LogP contribution is 2.34. The van der Waals surface area contributed by atoms with E-state index < -0.39 is 0 Å². The third-order valence-corrected chi connectivity index (χ3v) is 6.37. The topological polar surface area (TPSA) is 62.7 Å². The van der Waals surface area contributed by atoms with Crippen LogP contribution in [0, 0.1) is 11.8 Å². The van der Waals surface area contributed by atoms with Crippen molar-refractivity contribution in [3.8, 4) is 0 Å². The van der Waals surface area contributed by atoms with Crippen LogP contribution >= 0.6 is 0 Å². The Morgan fingerprint density at radius 3 is 2.63 bits per heavy atom. The molecule has 0 saturated carbocycles. The number of amides is 1. The summed E-state index contributed by atoms with van der Waals surface area (Å²) >= 11 is 0. The Bertz CT molecular complexity index is 921. The zero-order valence-electron chi connectivity index (χ0n) is 18.0. The molecule has 0 N–H and O–H groups in total. The van der Waals surface area contributed by atoms with Gasteiger partial charge in [-0.2, -0.15) is 0 Å². The van der Waals surface area contributed by atoms with Crippen molar-refractivity contribution < 1.29 is 14.3 Å². The normalized spacial score (nSPS) is 20.4. The Morgan fingerprint density at radius 1 is 1.13 bits per heavy atom. The van der Waals surface area contributed by atoms with Gasteiger partial charge in [0.2, 0.25) is 5.91 Å². The van der Waals surface area contributed by atoms with E-state index in [0.29, 0.717) is 24.0 Å². The number of pyridine rings is 1. The summed E-state index contributed by atoms with van der Waals surface area (Å²) in [6.45, 7) is 7.65. The molecule has 0 radical (unpaired) electrons. The Hall–Kier alpha value is -2.63. The SMILES string of the molecule is CCOC(=O)c1cnc2ccccc2c1N1CCC(C(=O)N2CCCC(C)C2)CC1. The maximum atomic E-state index is 13.0. The number of hydrogen-bond acceptors (Lipinski definition) is 5. The van der Waals surface area contributed by atoms with Gasteiger partial charge in [0.05, 0.1) is 17.8 Å². The van der Waals surface area contributed by atoms with Crippen molar-refractivity contribution >= 4 is 28.5 Å². The standard InChI is InChI=1S/C24H31N3O3/c1-3-30-24(29)20-15-25-21-9-5-4-8-19(21)22(20)26-13-10-18(11-14-26)23(28)27-12-6-7-17(2)16-27/h4-5,8-9,15,17-18H,3,6-7,10-14,16H2,1-2H3. The fourth-order valence-corrected chi connectivity index (χ4v) is 4.82. The Balaban J connectivity index is 1.54. The minimum Gasteiger partial charge on any atom is -0.462 e. The van der Waals surface area contributed by atoms with Crippen LogP contribution in [0.15, 0.2) is 30.5 Å². The van der Waals surface area contributed by atoms with Gasteiger partial charge in [0.25, 0.3) is 0 Å². The second-order valence-corrected chi connectivity index (χ2v) is 8.55. The second kappa shape index (κ2) is 9.02. The minimum atomic E-state index is -0.341. The lowest BCUT2D eigenvalue weighted by atomic mass is 9.92. The summed E-state index contributed by atoms with van der Waals surface area (Å²) in [5.41, 5.74) is 2.25. The summed E-state index contributed by atoms with van der Waals surface area (Å²) in [7, 11) is 0. The lowest BCUT2D eigenvalue weighted by Crippen LogP contribution is -2.46. The predicted octanol–water partition coefficient (Wildman–Crippen LogP) is 3.89. The highest BCUT2D eigenvalue weighted by Gasteiger charge is 2.32. The predicted molar refractivity (Wildman–Crippen MR) is 118 cm³/mol. The number of para-hydroxylation sites is 1. The molecule has 2 aliphatic rings. The van der Waals surface area contributed by atoms with Crippen LogP contribution in [0.4, 0.5) is 5.69 Å². The average molecular weight is 410 g/mol. The Labute approximate surface area is 178 Å². The first-order chi connectivity index (χ1) is 14.6. The van der Waals surface area contributed by atoms with E-state index in [1.807, 2.05) is 31.2 Å². The number of esters is 1. The highest BCUT2D eigenvalue weighted by atomic mass is 16.5. The Morgan fingerprint density at radius 2 is 1.90 bits per heavy atom. The van der Waals surface area contributed by atoms with E-state index >= 15 is 0 Å². The zero-order valence-corrected chi connectivity index (χ0v) is 18.0. The van der Waals surface area contributed by atoms with Crippen LogP contribution in [0.25, 0.3) is 10.9 Å². The number of piperidine rings is 2. The molecular formula is C24H31N3O3. The largest absolute Gasteiger partial charge is 0.462 e. The van der Waals surface area contributed by atoms with Crippen molar-refractivity contribution in [2.75, 3.05) is 37.7 Å². The molecular weight excluding hydrogens is 378 g/mol. The summed E-state index contributed by atoms with van der Waals surface area (Å²) in [5.74, 6) is 0.640. The first-order valence-corrected chi connectivity index (χ1v) is 11.2. The van der Waals surface area contributed by atoms with Crippen LogP contribution in [0.2, 0.25) is 0 Å². The molecule has 2 aliphatic heterocycles. The van der Waals surface area contributed by atoms with Gasteiger partial charge in [-0.3, -0.25) is 9.78 Å². The molecule has 0 aliphatic carbocycles. The number of carbonyl (C=O) groups excluding carboxylic acids is 2. The van der Waals surface area contributed by atoms with E-state index in [9.17, 15) is 9.59 Å². The van der Waals surface area contributed by atoms with Crippen molar-refractivity contribution in [1.29, 1.82) is 0 Å². The van der Waals surface area contributed by atoms with E-state index in [1.54, 1.807) is 6.20 Å². The molecule has 0 bridgehead atoms. The summed E-state index contributed by atoms with van der Waals surface area (Å²) in [5, 5.41) is 0.956. The molecule has 160 valence electrons. The van der Waals surface area contributed by atoms with Gasteiger partial charge in [-0.15, -0.1) is 0 Å². The first-order valence-electron chi connectivity index (χ1n) is 11.2. The van der Waals surface area contributed by atoms with Crippen molar-refractivity contribution in [3.63, 3.8) is 0 Å². The molecule has 3 heterocycles. The third kappa shape index (κ3) is 4.13. The molecule has 6 heteroatoms. The third-order valence-electron chi connectivity index (χ3n) is 6.37. The molecule has 2 fully saturated rings. The van der Waals surface area contributed by atoms with Gasteiger partial charge in [0.1, 0.15) is 5.56 Å². The maximum Gasteiger partial charge on any atom is 0.341 e. The average Bonchev–Trinajstić information content (AvgIpc) is 2.78. The minimum absolute atomic E-state index is 0.0747. The molecule has 4 rings (SSSR count). The number of aromatic nitrogens is 1. The van der Waals surface area contributed by atoms with Crippen LogP contribution < -0.4 is 4.90 Å². The summed E-state index contributed by atoms with van der Waals surface area (Å²) in [6.07, 6.45) is 5.57. The smallest absolute Gasteiger partial charge is 0.341 e. The van der Waals surface area contributed by atoms with Crippen LogP contribution in [-0.4, -0.2) is 54.5 Å². The molecule has 1 amide bonds. The Kier molecular flexibility index (Phi) is 6.21. The van der Waals surface area contributed by atoms with Crippen LogP contribution in [-0.2, 0) is 9.53 Å². The quantitative estimate of drug-likeness (QED) is 0.717. The lowest BCUT2D eigenvalue weighted by Gasteiger charge is -2.38. The number of likely N-dealkylation sites (tertiary alicyclic amines) is 1. The van der Waals surface area contributed by atoms with E-state index in [1.165, 1.54) is 6.42 Å². The first kappa shape index (κ1) is 20.6. The second-order valence-electron chi connectivity index (χ2n) is 8.55. The number of hydrogen-bond donors (Lipinski definition) is 0. The van der Waals surface area contributed by atoms with Gasteiger partial charge in [0.15, 0.2) is 0 Å². The summed E-state index contributed by atoms with van der Waals surface area (Å²) in [4.78, 5) is 34.4. The molecule has 0 spiro atoms. The summed E-state index contributed by atoms with van der Waals surface area (Å²) in [6, 6.07) is 7.89. The van der Waals surface area contributed by atoms with Crippen molar-refractivity contribution in [1.82, 2.24) is 9.88 Å². The number of rotatable bonds is 4. The van der Waals surface area contributed by atoms with E-state index in [0.717, 1.165) is 62.0 Å². The molecule has 1 unspecified atom stereocenters. The molecule has 1 aromatic heterocycles. The number of anilines is 1. The van der Waals surface area contributed by atoms with E-state index in [4.69, 9.17) is 4.74 Å². The summed E-state index contributed by atoms with van der Waals surface area (Å²) < 4.78 is 5.29. The van der Waals surface area contributed by atoms with Gasteiger partial charge in [0, 0.05) is 43.7 Å². The monoisotopic (exact) mass is 409 g/mol. The van der Waals surface area contributed by atoms with Crippen LogP contribution in [0.5, 0.6) is 0 Å². The van der Waals surface area contributed by atoms with Gasteiger partial charge in [-0.1, -0.05) is 25.1 Å². The van der Waals surface area contributed by atoms with E-state index in [2.05, 4.69) is 21.7 Å². The van der Waals surface area contributed by atoms with Crippen LogP contribution in [0.1, 0.15) is 49.9 Å². The maximum absolute atomic E-state index is 13.0. The fraction of sp³-hybridized carbons (Fsp3) is 0.542. The van der Waals surface area contributed by atoms with E-state index in [-0.39, 0.29) is 11.9 Å². The number of benzene rings is 1. The molecule has 2 saturated heterocycles. The van der Waals surface area contributed by atoms with Gasteiger partial charge < -0.3 is 14.5 Å². The molecule has 30 heavy (non-hydrogen) atoms.